The van der Waals surface area contributed by atoms with Crippen molar-refractivity contribution in [2.24, 2.45) is 0 Å². The molecule has 13 heavy (non-hydrogen) atoms. The van der Waals surface area contributed by atoms with Crippen LogP contribution >= 0.6 is 11.6 Å². The highest BCUT2D eigenvalue weighted by molar-refractivity contribution is 6.29. The van der Waals surface area contributed by atoms with Gasteiger partial charge in [-0.1, -0.05) is 16.8 Å². The summed E-state index contributed by atoms with van der Waals surface area (Å²) in [5.74, 6) is 0.366. The third-order valence-corrected chi connectivity index (χ3v) is 1.74. The Hall–Kier alpha value is -1.55. The molecule has 2 aromatic heterocycles. The van der Waals surface area contributed by atoms with Gasteiger partial charge in [-0.05, 0) is 12.1 Å². The molecule has 0 aliphatic heterocycles. The van der Waals surface area contributed by atoms with E-state index in [0.29, 0.717) is 16.7 Å². The van der Waals surface area contributed by atoms with Gasteiger partial charge in [0, 0.05) is 11.6 Å². The van der Waals surface area contributed by atoms with Crippen LogP contribution in [0.25, 0.3) is 11.3 Å². The molecule has 2 aromatic rings. The van der Waals surface area contributed by atoms with Gasteiger partial charge in [-0.3, -0.25) is 0 Å². The Morgan fingerprint density at radius 1 is 1.38 bits per heavy atom. The van der Waals surface area contributed by atoms with Crippen LogP contribution in [0.4, 0.5) is 5.82 Å². The normalized spacial score (nSPS) is 10.2. The van der Waals surface area contributed by atoms with Crippen LogP contribution in [-0.2, 0) is 0 Å². The maximum absolute atomic E-state index is 5.72. The number of aromatic nitrogens is 2. The molecular formula is C8H6ClN3O. The van der Waals surface area contributed by atoms with E-state index >= 15 is 0 Å². The number of pyridine rings is 1. The highest BCUT2D eigenvalue weighted by atomic mass is 35.5. The molecule has 0 saturated heterocycles. The fourth-order valence-electron chi connectivity index (χ4n) is 1.03. The second-order valence-electron chi connectivity index (χ2n) is 2.49. The smallest absolute Gasteiger partial charge is 0.132 e. The fraction of sp³-hybridized carbons (Fsp3) is 0. The van der Waals surface area contributed by atoms with E-state index in [1.807, 2.05) is 0 Å². The highest BCUT2D eigenvalue weighted by Crippen LogP contribution is 2.21. The molecule has 4 nitrogen and oxygen atoms in total. The van der Waals surface area contributed by atoms with Crippen molar-refractivity contribution in [1.82, 2.24) is 10.1 Å². The Kier molecular flexibility index (Phi) is 1.90. The van der Waals surface area contributed by atoms with Gasteiger partial charge in [0.25, 0.3) is 0 Å². The molecule has 0 radical (unpaired) electrons. The number of hydrogen-bond acceptors (Lipinski definition) is 4. The summed E-state index contributed by atoms with van der Waals surface area (Å²) in [4.78, 5) is 3.83. The molecule has 0 unspecified atom stereocenters. The summed E-state index contributed by atoms with van der Waals surface area (Å²) in [7, 11) is 0. The Morgan fingerprint density at radius 2 is 2.23 bits per heavy atom. The van der Waals surface area contributed by atoms with Gasteiger partial charge in [-0.15, -0.1) is 0 Å². The summed E-state index contributed by atoms with van der Waals surface area (Å²) < 4.78 is 4.69. The van der Waals surface area contributed by atoms with Gasteiger partial charge < -0.3 is 10.3 Å². The van der Waals surface area contributed by atoms with Gasteiger partial charge in [-0.2, -0.15) is 0 Å². The van der Waals surface area contributed by atoms with Crippen LogP contribution in [0.1, 0.15) is 0 Å². The fourth-order valence-corrected chi connectivity index (χ4v) is 1.24. The van der Waals surface area contributed by atoms with Gasteiger partial charge >= 0.3 is 0 Å². The lowest BCUT2D eigenvalue weighted by Gasteiger charge is -1.98. The molecular weight excluding hydrogens is 190 g/mol. The first-order valence-electron chi connectivity index (χ1n) is 3.59. The lowest BCUT2D eigenvalue weighted by atomic mass is 10.2. The lowest BCUT2D eigenvalue weighted by Crippen LogP contribution is -1.90. The predicted molar refractivity (Wildman–Crippen MR) is 49.2 cm³/mol. The number of anilines is 1. The first-order valence-corrected chi connectivity index (χ1v) is 3.97. The summed E-state index contributed by atoms with van der Waals surface area (Å²) >= 11 is 5.72. The molecule has 2 N–H and O–H groups in total. The van der Waals surface area contributed by atoms with Crippen LogP contribution < -0.4 is 5.73 Å². The third kappa shape index (κ3) is 1.62. The largest absolute Gasteiger partial charge is 0.384 e. The van der Waals surface area contributed by atoms with E-state index in [-0.39, 0.29) is 0 Å². The van der Waals surface area contributed by atoms with Crippen molar-refractivity contribution in [3.05, 3.63) is 29.6 Å². The van der Waals surface area contributed by atoms with Gasteiger partial charge in [0.05, 0.1) is 0 Å². The van der Waals surface area contributed by atoms with E-state index in [1.54, 1.807) is 18.2 Å². The second kappa shape index (κ2) is 3.06. The van der Waals surface area contributed by atoms with Crippen LogP contribution in [0.3, 0.4) is 0 Å². The molecule has 66 valence electrons. The zero-order chi connectivity index (χ0) is 9.26. The minimum absolute atomic E-state index is 0.345. The lowest BCUT2D eigenvalue weighted by molar-refractivity contribution is 0.422. The van der Waals surface area contributed by atoms with Gasteiger partial charge in [0.15, 0.2) is 0 Å². The second-order valence-corrected chi connectivity index (χ2v) is 2.88. The van der Waals surface area contributed by atoms with Crippen molar-refractivity contribution < 1.29 is 4.52 Å². The summed E-state index contributed by atoms with van der Waals surface area (Å²) in [6.45, 7) is 0. The van der Waals surface area contributed by atoms with E-state index in [2.05, 4.69) is 10.1 Å². The predicted octanol–water partition coefficient (Wildman–Crippen LogP) is 1.97. The molecule has 0 aliphatic rings. The first-order chi connectivity index (χ1) is 6.25. The quantitative estimate of drug-likeness (QED) is 0.707. The minimum Gasteiger partial charge on any atom is -0.384 e. The maximum atomic E-state index is 5.72. The Balaban J connectivity index is 2.53. The Bertz CT molecular complexity index is 393. The molecule has 0 fully saturated rings. The molecule has 0 bridgehead atoms. The number of nitrogens with two attached hydrogens (primary N) is 1. The molecule has 5 heteroatoms. The van der Waals surface area contributed by atoms with E-state index in [0.717, 1.165) is 5.56 Å². The van der Waals surface area contributed by atoms with Gasteiger partial charge in [-0.25, -0.2) is 4.98 Å². The van der Waals surface area contributed by atoms with Crippen molar-refractivity contribution in [2.75, 3.05) is 5.73 Å². The zero-order valence-electron chi connectivity index (χ0n) is 6.57. The van der Waals surface area contributed by atoms with E-state index in [9.17, 15) is 0 Å². The molecule has 0 saturated carbocycles. The average Bonchev–Trinajstić information content (AvgIpc) is 2.53. The highest BCUT2D eigenvalue weighted by Gasteiger charge is 2.03. The molecule has 2 rings (SSSR count). The number of nitrogens with zero attached hydrogens (tertiary/aromatic N) is 2. The summed E-state index contributed by atoms with van der Waals surface area (Å²) in [5.41, 5.74) is 7.00. The molecule has 0 atom stereocenters. The monoisotopic (exact) mass is 195 g/mol. The summed E-state index contributed by atoms with van der Waals surface area (Å²) in [6, 6.07) is 5.09. The van der Waals surface area contributed by atoms with Crippen molar-refractivity contribution in [1.29, 1.82) is 0 Å². The van der Waals surface area contributed by atoms with Crippen molar-refractivity contribution in [2.45, 2.75) is 0 Å². The number of nitrogen functional groups attached to an aromatic ring is 1. The van der Waals surface area contributed by atoms with Crippen LogP contribution in [-0.4, -0.2) is 10.1 Å². The molecule has 0 aliphatic carbocycles. The van der Waals surface area contributed by atoms with Gasteiger partial charge in [0.2, 0.25) is 0 Å². The average molecular weight is 196 g/mol. The SMILES string of the molecule is Nc1cc(-c2ccon2)cc(Cl)n1. The topological polar surface area (TPSA) is 64.9 Å². The molecule has 2 heterocycles. The van der Waals surface area contributed by atoms with E-state index in [1.165, 1.54) is 6.26 Å². The minimum atomic E-state index is 0.345. The third-order valence-electron chi connectivity index (χ3n) is 1.55. The number of halogens is 1. The van der Waals surface area contributed by atoms with Crippen LogP contribution in [0, 0.1) is 0 Å². The number of hydrogen-bond donors (Lipinski definition) is 1. The van der Waals surface area contributed by atoms with Crippen LogP contribution in [0.15, 0.2) is 29.0 Å². The Morgan fingerprint density at radius 3 is 2.85 bits per heavy atom. The van der Waals surface area contributed by atoms with Crippen LogP contribution in [0.5, 0.6) is 0 Å². The van der Waals surface area contributed by atoms with Crippen molar-refractivity contribution >= 4 is 17.4 Å². The summed E-state index contributed by atoms with van der Waals surface area (Å²) in [5, 5.41) is 4.10. The molecule has 0 spiro atoms. The first kappa shape index (κ1) is 8.07. The van der Waals surface area contributed by atoms with E-state index in [4.69, 9.17) is 21.9 Å². The van der Waals surface area contributed by atoms with E-state index < -0.39 is 0 Å². The van der Waals surface area contributed by atoms with Gasteiger partial charge in [0.1, 0.15) is 22.9 Å². The summed E-state index contributed by atoms with van der Waals surface area (Å²) in [6.07, 6.45) is 1.49. The maximum Gasteiger partial charge on any atom is 0.132 e. The number of rotatable bonds is 1. The van der Waals surface area contributed by atoms with Crippen molar-refractivity contribution in [3.63, 3.8) is 0 Å². The Labute approximate surface area is 79.3 Å². The zero-order valence-corrected chi connectivity index (χ0v) is 7.32. The molecule has 0 amide bonds. The standard InChI is InChI=1S/C8H6ClN3O/c9-7-3-5(4-8(10)11-7)6-1-2-13-12-6/h1-4H,(H2,10,11). The molecule has 0 aromatic carbocycles. The van der Waals surface area contributed by atoms with Crippen molar-refractivity contribution in [3.8, 4) is 11.3 Å². The van der Waals surface area contributed by atoms with Crippen LogP contribution in [0.2, 0.25) is 5.15 Å².